The summed E-state index contributed by atoms with van der Waals surface area (Å²) >= 11 is 6.23. The fourth-order valence-corrected chi connectivity index (χ4v) is 2.63. The maximum Gasteiger partial charge on any atom is 0.135 e. The molecular formula is C19H14ClF2NO. The summed E-state index contributed by atoms with van der Waals surface area (Å²) in [4.78, 5) is 4.48. The van der Waals surface area contributed by atoms with Gasteiger partial charge < -0.3 is 4.74 Å². The summed E-state index contributed by atoms with van der Waals surface area (Å²) in [6.45, 7) is 2.31. The van der Waals surface area contributed by atoms with Gasteiger partial charge in [0, 0.05) is 34.3 Å². The zero-order chi connectivity index (χ0) is 17.1. The zero-order valence-corrected chi connectivity index (χ0v) is 13.6. The van der Waals surface area contributed by atoms with Crippen LogP contribution in [0.2, 0.25) is 5.02 Å². The van der Waals surface area contributed by atoms with Crippen LogP contribution in [0.15, 0.2) is 54.6 Å². The highest BCUT2D eigenvalue weighted by Gasteiger charge is 2.13. The Bertz CT molecular complexity index is 883. The third kappa shape index (κ3) is 3.39. The van der Waals surface area contributed by atoms with Crippen molar-refractivity contribution in [2.75, 3.05) is 6.61 Å². The van der Waals surface area contributed by atoms with Crippen molar-refractivity contribution in [3.05, 3.63) is 71.3 Å². The number of halogens is 3. The number of nitrogens with zero attached hydrogens (tertiary/aromatic N) is 1. The van der Waals surface area contributed by atoms with Crippen molar-refractivity contribution < 1.29 is 13.5 Å². The molecule has 0 aliphatic carbocycles. The molecule has 24 heavy (non-hydrogen) atoms. The highest BCUT2D eigenvalue weighted by Crippen LogP contribution is 2.32. The van der Waals surface area contributed by atoms with Crippen LogP contribution in [0.1, 0.15) is 6.92 Å². The number of rotatable bonds is 4. The lowest BCUT2D eigenvalue weighted by molar-refractivity contribution is 0.340. The van der Waals surface area contributed by atoms with Gasteiger partial charge in [-0.15, -0.1) is 0 Å². The molecule has 2 nitrogen and oxygen atoms in total. The monoisotopic (exact) mass is 345 g/mol. The predicted octanol–water partition coefficient (Wildman–Crippen LogP) is 5.75. The first-order valence-electron chi connectivity index (χ1n) is 7.43. The second kappa shape index (κ2) is 6.97. The summed E-state index contributed by atoms with van der Waals surface area (Å²) in [6.07, 6.45) is 0. The van der Waals surface area contributed by atoms with E-state index in [-0.39, 0.29) is 5.56 Å². The molecule has 0 spiro atoms. The predicted molar refractivity (Wildman–Crippen MR) is 91.2 cm³/mol. The SMILES string of the molecule is CCOc1cc(-c2ccc(F)cc2F)nc(-c2ccccc2Cl)c1. The van der Waals surface area contributed by atoms with Crippen LogP contribution < -0.4 is 4.74 Å². The molecule has 3 rings (SSSR count). The van der Waals surface area contributed by atoms with Crippen LogP contribution in [0.5, 0.6) is 5.75 Å². The molecule has 0 bridgehead atoms. The molecule has 0 saturated carbocycles. The second-order valence-electron chi connectivity index (χ2n) is 5.11. The third-order valence-electron chi connectivity index (χ3n) is 3.47. The molecule has 2 aromatic carbocycles. The molecule has 0 aliphatic heterocycles. The number of aromatic nitrogens is 1. The molecule has 1 aromatic heterocycles. The zero-order valence-electron chi connectivity index (χ0n) is 12.9. The molecule has 3 aromatic rings. The Morgan fingerprint density at radius 3 is 2.33 bits per heavy atom. The van der Waals surface area contributed by atoms with E-state index >= 15 is 0 Å². The molecule has 0 unspecified atom stereocenters. The summed E-state index contributed by atoms with van der Waals surface area (Å²) in [5, 5.41) is 0.532. The minimum Gasteiger partial charge on any atom is -0.494 e. The Kier molecular flexibility index (Phi) is 4.76. The topological polar surface area (TPSA) is 22.1 Å². The Balaban J connectivity index is 2.18. The van der Waals surface area contributed by atoms with Gasteiger partial charge in [0.05, 0.1) is 18.0 Å². The fourth-order valence-electron chi connectivity index (χ4n) is 2.40. The maximum absolute atomic E-state index is 14.1. The van der Waals surface area contributed by atoms with Crippen LogP contribution in [0.4, 0.5) is 8.78 Å². The number of pyridine rings is 1. The fraction of sp³-hybridized carbons (Fsp3) is 0.105. The summed E-state index contributed by atoms with van der Waals surface area (Å²) in [5.41, 5.74) is 1.83. The lowest BCUT2D eigenvalue weighted by Crippen LogP contribution is -1.97. The molecule has 0 atom stereocenters. The van der Waals surface area contributed by atoms with Crippen LogP contribution in [-0.2, 0) is 0 Å². The average molecular weight is 346 g/mol. The van der Waals surface area contributed by atoms with Gasteiger partial charge in [0.15, 0.2) is 0 Å². The Hall–Kier alpha value is -2.46. The average Bonchev–Trinajstić information content (AvgIpc) is 2.55. The number of hydrogen-bond donors (Lipinski definition) is 0. The lowest BCUT2D eigenvalue weighted by Gasteiger charge is -2.11. The smallest absolute Gasteiger partial charge is 0.135 e. The van der Waals surface area contributed by atoms with Crippen LogP contribution in [0.3, 0.4) is 0 Å². The van der Waals surface area contributed by atoms with Crippen molar-refractivity contribution in [1.29, 1.82) is 0 Å². The first kappa shape index (κ1) is 16.4. The van der Waals surface area contributed by atoms with Crippen LogP contribution in [-0.4, -0.2) is 11.6 Å². The van der Waals surface area contributed by atoms with E-state index in [2.05, 4.69) is 4.98 Å². The molecule has 0 fully saturated rings. The largest absolute Gasteiger partial charge is 0.494 e. The van der Waals surface area contributed by atoms with E-state index in [1.807, 2.05) is 25.1 Å². The van der Waals surface area contributed by atoms with Gasteiger partial charge in [-0.25, -0.2) is 13.8 Å². The molecule has 0 amide bonds. The molecule has 0 N–H and O–H groups in total. The van der Waals surface area contributed by atoms with Crippen LogP contribution in [0.25, 0.3) is 22.5 Å². The number of ether oxygens (including phenoxy) is 1. The third-order valence-corrected chi connectivity index (χ3v) is 3.80. The molecule has 5 heteroatoms. The van der Waals surface area contributed by atoms with Gasteiger partial charge in [0.25, 0.3) is 0 Å². The highest BCUT2D eigenvalue weighted by molar-refractivity contribution is 6.33. The Morgan fingerprint density at radius 2 is 1.67 bits per heavy atom. The minimum atomic E-state index is -0.679. The van der Waals surface area contributed by atoms with Gasteiger partial charge in [-0.2, -0.15) is 0 Å². The normalized spacial score (nSPS) is 10.7. The Morgan fingerprint density at radius 1 is 0.958 bits per heavy atom. The van der Waals surface area contributed by atoms with E-state index < -0.39 is 11.6 Å². The van der Waals surface area contributed by atoms with E-state index in [9.17, 15) is 8.78 Å². The molecule has 122 valence electrons. The number of hydrogen-bond acceptors (Lipinski definition) is 2. The first-order chi connectivity index (χ1) is 11.6. The summed E-state index contributed by atoms with van der Waals surface area (Å²) in [6, 6.07) is 14.0. The van der Waals surface area contributed by atoms with Crippen LogP contribution in [0, 0.1) is 11.6 Å². The van der Waals surface area contributed by atoms with Gasteiger partial charge in [0.2, 0.25) is 0 Å². The Labute approximate surface area is 143 Å². The second-order valence-corrected chi connectivity index (χ2v) is 5.52. The van der Waals surface area contributed by atoms with E-state index in [1.165, 1.54) is 12.1 Å². The molecule has 0 aliphatic rings. The van der Waals surface area contributed by atoms with E-state index in [0.717, 1.165) is 6.07 Å². The first-order valence-corrected chi connectivity index (χ1v) is 7.81. The summed E-state index contributed by atoms with van der Waals surface area (Å²) in [7, 11) is 0. The highest BCUT2D eigenvalue weighted by atomic mass is 35.5. The number of benzene rings is 2. The van der Waals surface area contributed by atoms with E-state index in [4.69, 9.17) is 16.3 Å². The van der Waals surface area contributed by atoms with Crippen molar-refractivity contribution in [1.82, 2.24) is 4.98 Å². The maximum atomic E-state index is 14.1. The lowest BCUT2D eigenvalue weighted by atomic mass is 10.1. The van der Waals surface area contributed by atoms with Crippen molar-refractivity contribution in [2.24, 2.45) is 0 Å². The van der Waals surface area contributed by atoms with Crippen molar-refractivity contribution >= 4 is 11.6 Å². The molecular weight excluding hydrogens is 332 g/mol. The van der Waals surface area contributed by atoms with Gasteiger partial charge in [-0.1, -0.05) is 29.8 Å². The standard InChI is InChI=1S/C19H14ClF2NO/c1-2-24-13-10-18(14-5-3-4-6-16(14)20)23-19(11-13)15-8-7-12(21)9-17(15)22/h3-11H,2H2,1H3. The van der Waals surface area contributed by atoms with Crippen LogP contribution >= 0.6 is 11.6 Å². The molecule has 0 saturated heterocycles. The van der Waals surface area contributed by atoms with Gasteiger partial charge in [-0.05, 0) is 25.1 Å². The summed E-state index contributed by atoms with van der Waals surface area (Å²) < 4.78 is 32.8. The van der Waals surface area contributed by atoms with Gasteiger partial charge >= 0.3 is 0 Å². The molecule has 1 heterocycles. The minimum absolute atomic E-state index is 0.200. The quantitative estimate of drug-likeness (QED) is 0.601. The molecule has 0 radical (unpaired) electrons. The summed E-state index contributed by atoms with van der Waals surface area (Å²) in [5.74, 6) is -0.772. The van der Waals surface area contributed by atoms with Crippen molar-refractivity contribution in [2.45, 2.75) is 6.92 Å². The van der Waals surface area contributed by atoms with E-state index in [0.29, 0.717) is 34.3 Å². The van der Waals surface area contributed by atoms with Crippen molar-refractivity contribution in [3.63, 3.8) is 0 Å². The van der Waals surface area contributed by atoms with Gasteiger partial charge in [0.1, 0.15) is 17.4 Å². The van der Waals surface area contributed by atoms with E-state index in [1.54, 1.807) is 18.2 Å². The van der Waals surface area contributed by atoms with Gasteiger partial charge in [-0.3, -0.25) is 0 Å². The van der Waals surface area contributed by atoms with Crippen molar-refractivity contribution in [3.8, 4) is 28.3 Å².